The molecule has 1 unspecified atom stereocenters. The SMILES string of the molecule is O=C1COC(C(=O)O)CO1. The van der Waals surface area contributed by atoms with Gasteiger partial charge in [0.2, 0.25) is 0 Å². The number of carbonyl (C=O) groups excluding carboxylic acids is 1. The van der Waals surface area contributed by atoms with Gasteiger partial charge in [0.05, 0.1) is 0 Å². The van der Waals surface area contributed by atoms with Gasteiger partial charge < -0.3 is 14.6 Å². The number of carboxylic acids is 1. The van der Waals surface area contributed by atoms with E-state index in [2.05, 4.69) is 9.47 Å². The van der Waals surface area contributed by atoms with Gasteiger partial charge in [0.25, 0.3) is 0 Å². The molecule has 5 heteroatoms. The maximum Gasteiger partial charge on any atom is 0.336 e. The summed E-state index contributed by atoms with van der Waals surface area (Å²) < 4.78 is 8.98. The molecule has 0 saturated carbocycles. The number of carboxylic acid groups (broad SMARTS) is 1. The molecule has 1 aliphatic heterocycles. The average molecular weight is 146 g/mol. The molecular formula is C5H6O5. The number of carbonyl (C=O) groups is 2. The topological polar surface area (TPSA) is 72.8 Å². The maximum absolute atomic E-state index is 10.3. The van der Waals surface area contributed by atoms with Crippen LogP contribution in [0.5, 0.6) is 0 Å². The summed E-state index contributed by atoms with van der Waals surface area (Å²) in [7, 11) is 0. The molecule has 0 aliphatic carbocycles. The normalized spacial score (nSPS) is 25.6. The second kappa shape index (κ2) is 2.66. The molecule has 0 amide bonds. The summed E-state index contributed by atoms with van der Waals surface area (Å²) in [5.41, 5.74) is 0. The summed E-state index contributed by atoms with van der Waals surface area (Å²) in [5.74, 6) is -1.62. The smallest absolute Gasteiger partial charge is 0.336 e. The number of aliphatic carboxylic acids is 1. The zero-order valence-electron chi connectivity index (χ0n) is 5.07. The predicted molar refractivity (Wildman–Crippen MR) is 28.3 cm³/mol. The van der Waals surface area contributed by atoms with Gasteiger partial charge in [0.1, 0.15) is 13.2 Å². The van der Waals surface area contributed by atoms with E-state index in [0.717, 1.165) is 0 Å². The average Bonchev–Trinajstić information content (AvgIpc) is 1.88. The van der Waals surface area contributed by atoms with Crippen LogP contribution in [0.15, 0.2) is 0 Å². The van der Waals surface area contributed by atoms with E-state index in [9.17, 15) is 9.59 Å². The Morgan fingerprint density at radius 2 is 2.40 bits per heavy atom. The van der Waals surface area contributed by atoms with Crippen molar-refractivity contribution in [3.05, 3.63) is 0 Å². The van der Waals surface area contributed by atoms with Crippen LogP contribution < -0.4 is 0 Å². The van der Waals surface area contributed by atoms with Crippen LogP contribution in [0.25, 0.3) is 0 Å². The molecule has 0 aromatic heterocycles. The zero-order valence-corrected chi connectivity index (χ0v) is 5.07. The third-order valence-corrected chi connectivity index (χ3v) is 1.07. The highest BCUT2D eigenvalue weighted by molar-refractivity contribution is 5.77. The summed E-state index contributed by atoms with van der Waals surface area (Å²) in [6, 6.07) is 0. The number of hydrogen-bond donors (Lipinski definition) is 1. The van der Waals surface area contributed by atoms with Crippen molar-refractivity contribution in [2.24, 2.45) is 0 Å². The standard InChI is InChI=1S/C5H6O5/c6-4-2-9-3(1-10-4)5(7)8/h3H,1-2H2,(H,7,8). The Morgan fingerprint density at radius 3 is 2.80 bits per heavy atom. The quantitative estimate of drug-likeness (QED) is 0.481. The molecule has 0 aromatic carbocycles. The molecule has 0 bridgehead atoms. The minimum absolute atomic E-state index is 0.186. The first-order chi connectivity index (χ1) is 4.70. The molecule has 1 atom stereocenters. The molecule has 0 spiro atoms. The number of rotatable bonds is 1. The van der Waals surface area contributed by atoms with Crippen molar-refractivity contribution in [2.45, 2.75) is 6.10 Å². The molecule has 0 radical (unpaired) electrons. The summed E-state index contributed by atoms with van der Waals surface area (Å²) in [6.45, 7) is -0.453. The molecular weight excluding hydrogens is 140 g/mol. The molecule has 1 heterocycles. The Balaban J connectivity index is 2.40. The Hall–Kier alpha value is -1.10. The van der Waals surface area contributed by atoms with Crippen molar-refractivity contribution in [2.75, 3.05) is 13.2 Å². The lowest BCUT2D eigenvalue weighted by Gasteiger charge is -2.17. The van der Waals surface area contributed by atoms with Crippen molar-refractivity contribution in [3.63, 3.8) is 0 Å². The first-order valence-electron chi connectivity index (χ1n) is 2.70. The van der Waals surface area contributed by atoms with Gasteiger partial charge in [-0.15, -0.1) is 0 Å². The van der Waals surface area contributed by atoms with Gasteiger partial charge in [-0.3, -0.25) is 0 Å². The van der Waals surface area contributed by atoms with Gasteiger partial charge in [0.15, 0.2) is 6.10 Å². The highest BCUT2D eigenvalue weighted by Gasteiger charge is 2.25. The van der Waals surface area contributed by atoms with Crippen LogP contribution >= 0.6 is 0 Å². The van der Waals surface area contributed by atoms with Gasteiger partial charge in [-0.25, -0.2) is 9.59 Å². The number of esters is 1. The lowest BCUT2D eigenvalue weighted by molar-refractivity contribution is -0.178. The minimum Gasteiger partial charge on any atom is -0.479 e. The van der Waals surface area contributed by atoms with Crippen LogP contribution in [0.1, 0.15) is 0 Å². The Kier molecular flexibility index (Phi) is 1.86. The molecule has 1 aliphatic rings. The highest BCUT2D eigenvalue weighted by atomic mass is 16.6. The Morgan fingerprint density at radius 1 is 1.70 bits per heavy atom. The van der Waals surface area contributed by atoms with E-state index in [1.807, 2.05) is 0 Å². The fraction of sp³-hybridized carbons (Fsp3) is 0.600. The Labute approximate surface area is 56.5 Å². The monoisotopic (exact) mass is 146 g/mol. The van der Waals surface area contributed by atoms with Crippen LogP contribution in [0, 0.1) is 0 Å². The van der Waals surface area contributed by atoms with E-state index in [1.54, 1.807) is 0 Å². The van der Waals surface area contributed by atoms with Gasteiger partial charge in [-0.1, -0.05) is 0 Å². The van der Waals surface area contributed by atoms with Crippen LogP contribution in [-0.2, 0) is 19.1 Å². The molecule has 56 valence electrons. The van der Waals surface area contributed by atoms with Crippen LogP contribution in [0.4, 0.5) is 0 Å². The Bertz CT molecular complexity index is 153. The van der Waals surface area contributed by atoms with E-state index in [0.29, 0.717) is 0 Å². The van der Waals surface area contributed by atoms with Gasteiger partial charge >= 0.3 is 11.9 Å². The van der Waals surface area contributed by atoms with Crippen molar-refractivity contribution in [1.82, 2.24) is 0 Å². The van der Waals surface area contributed by atoms with E-state index in [1.165, 1.54) is 0 Å². The van der Waals surface area contributed by atoms with E-state index in [4.69, 9.17) is 5.11 Å². The van der Waals surface area contributed by atoms with Crippen LogP contribution in [0.3, 0.4) is 0 Å². The number of ether oxygens (including phenoxy) is 2. The largest absolute Gasteiger partial charge is 0.479 e. The zero-order chi connectivity index (χ0) is 7.56. The van der Waals surface area contributed by atoms with Crippen molar-refractivity contribution < 1.29 is 24.2 Å². The third kappa shape index (κ3) is 1.44. The third-order valence-electron chi connectivity index (χ3n) is 1.07. The van der Waals surface area contributed by atoms with Gasteiger partial charge in [-0.2, -0.15) is 0 Å². The molecule has 1 fully saturated rings. The van der Waals surface area contributed by atoms with E-state index < -0.39 is 18.0 Å². The molecule has 10 heavy (non-hydrogen) atoms. The number of hydrogen-bond acceptors (Lipinski definition) is 4. The maximum atomic E-state index is 10.3. The van der Waals surface area contributed by atoms with E-state index >= 15 is 0 Å². The van der Waals surface area contributed by atoms with Gasteiger partial charge in [-0.05, 0) is 0 Å². The lowest BCUT2D eigenvalue weighted by atomic mass is 10.3. The van der Waals surface area contributed by atoms with Crippen molar-refractivity contribution in [3.8, 4) is 0 Å². The van der Waals surface area contributed by atoms with E-state index in [-0.39, 0.29) is 13.2 Å². The summed E-state index contributed by atoms with van der Waals surface area (Å²) in [5, 5.41) is 8.31. The molecule has 1 N–H and O–H groups in total. The predicted octanol–water partition coefficient (Wildman–Crippen LogP) is -0.987. The molecule has 1 rings (SSSR count). The van der Waals surface area contributed by atoms with Gasteiger partial charge in [0, 0.05) is 0 Å². The fourth-order valence-corrected chi connectivity index (χ4v) is 0.570. The van der Waals surface area contributed by atoms with Crippen molar-refractivity contribution >= 4 is 11.9 Å². The highest BCUT2D eigenvalue weighted by Crippen LogP contribution is 2.00. The molecule has 1 saturated heterocycles. The first kappa shape index (κ1) is 7.01. The summed E-state index contributed by atoms with van der Waals surface area (Å²) >= 11 is 0. The second-order valence-corrected chi connectivity index (χ2v) is 1.82. The number of cyclic esters (lactones) is 1. The minimum atomic E-state index is -1.10. The van der Waals surface area contributed by atoms with Crippen LogP contribution in [-0.4, -0.2) is 36.4 Å². The lowest BCUT2D eigenvalue weighted by Crippen LogP contribution is -2.37. The second-order valence-electron chi connectivity index (χ2n) is 1.82. The summed E-state index contributed by atoms with van der Waals surface area (Å²) in [4.78, 5) is 20.4. The van der Waals surface area contributed by atoms with Crippen molar-refractivity contribution in [1.29, 1.82) is 0 Å². The van der Waals surface area contributed by atoms with Crippen LogP contribution in [0.2, 0.25) is 0 Å². The molecule has 5 nitrogen and oxygen atoms in total. The fourth-order valence-electron chi connectivity index (χ4n) is 0.570. The summed E-state index contributed by atoms with van der Waals surface area (Å²) in [6.07, 6.45) is -0.988. The molecule has 0 aromatic rings. The first-order valence-corrected chi connectivity index (χ1v) is 2.70.